The molecule has 1 atom stereocenters. The van der Waals surface area contributed by atoms with Crippen molar-refractivity contribution in [3.05, 3.63) is 35.6 Å². The summed E-state index contributed by atoms with van der Waals surface area (Å²) in [6.45, 7) is 0.427. The van der Waals surface area contributed by atoms with Crippen molar-refractivity contribution in [3.8, 4) is 0 Å². The lowest BCUT2D eigenvalue weighted by Gasteiger charge is -2.25. The predicted molar refractivity (Wildman–Crippen MR) is 72.8 cm³/mol. The van der Waals surface area contributed by atoms with Crippen molar-refractivity contribution >= 4 is 5.91 Å². The first kappa shape index (κ1) is 14.9. The number of carbonyl (C=O) groups excluding carboxylic acids is 1. The van der Waals surface area contributed by atoms with E-state index in [2.05, 4.69) is 0 Å². The lowest BCUT2D eigenvalue weighted by molar-refractivity contribution is -0.134. The van der Waals surface area contributed by atoms with Gasteiger partial charge in [-0.15, -0.1) is 0 Å². The van der Waals surface area contributed by atoms with Crippen molar-refractivity contribution in [2.75, 3.05) is 27.3 Å². The van der Waals surface area contributed by atoms with E-state index in [9.17, 15) is 14.3 Å². The normalized spacial score (nSPS) is 17.6. The van der Waals surface area contributed by atoms with Crippen molar-refractivity contribution in [3.63, 3.8) is 0 Å². The van der Waals surface area contributed by atoms with E-state index in [-0.39, 0.29) is 24.9 Å². The number of rotatable bonds is 6. The summed E-state index contributed by atoms with van der Waals surface area (Å²) in [6.07, 6.45) is 0.836. The van der Waals surface area contributed by atoms with Gasteiger partial charge < -0.3 is 14.7 Å². The number of aliphatic hydroxyl groups excluding tert-OH is 1. The van der Waals surface area contributed by atoms with Crippen molar-refractivity contribution in [1.29, 1.82) is 0 Å². The van der Waals surface area contributed by atoms with E-state index in [1.54, 1.807) is 19.2 Å². The summed E-state index contributed by atoms with van der Waals surface area (Å²) < 4.78 is 17.8. The van der Waals surface area contributed by atoms with Crippen LogP contribution in [0.1, 0.15) is 18.4 Å². The molecule has 20 heavy (non-hydrogen) atoms. The van der Waals surface area contributed by atoms with E-state index in [0.29, 0.717) is 0 Å². The topological polar surface area (TPSA) is 49.8 Å². The van der Waals surface area contributed by atoms with E-state index in [1.165, 1.54) is 24.1 Å². The Balaban J connectivity index is 2.06. The van der Waals surface area contributed by atoms with Gasteiger partial charge in [-0.05, 0) is 30.5 Å². The van der Waals surface area contributed by atoms with Crippen LogP contribution in [0.25, 0.3) is 0 Å². The maximum absolute atomic E-state index is 13.0. The van der Waals surface area contributed by atoms with Gasteiger partial charge in [0.05, 0.1) is 18.1 Å². The van der Waals surface area contributed by atoms with Crippen LogP contribution in [0.4, 0.5) is 4.39 Å². The molecule has 0 heterocycles. The summed E-state index contributed by atoms with van der Waals surface area (Å²) in [4.78, 5) is 14.1. The Hall–Kier alpha value is -1.46. The van der Waals surface area contributed by atoms with E-state index >= 15 is 0 Å². The fourth-order valence-electron chi connectivity index (χ4n) is 2.53. The highest BCUT2D eigenvalue weighted by Crippen LogP contribution is 2.49. The lowest BCUT2D eigenvalue weighted by Crippen LogP contribution is -2.41. The van der Waals surface area contributed by atoms with Gasteiger partial charge in [-0.1, -0.05) is 12.1 Å². The Bertz CT molecular complexity index is 471. The monoisotopic (exact) mass is 281 g/mol. The maximum atomic E-state index is 13.0. The smallest absolute Gasteiger partial charge is 0.233 e. The Morgan fingerprint density at radius 3 is 2.55 bits per heavy atom. The van der Waals surface area contributed by atoms with Crippen LogP contribution in [0.5, 0.6) is 0 Å². The number of hydrogen-bond acceptors (Lipinski definition) is 3. The molecule has 1 unspecified atom stereocenters. The van der Waals surface area contributed by atoms with Crippen LogP contribution in [0.2, 0.25) is 0 Å². The molecule has 0 bridgehead atoms. The predicted octanol–water partition coefficient (Wildman–Crippen LogP) is 1.32. The first-order valence-electron chi connectivity index (χ1n) is 6.68. The van der Waals surface area contributed by atoms with Gasteiger partial charge in [0.1, 0.15) is 5.82 Å². The van der Waals surface area contributed by atoms with Crippen molar-refractivity contribution in [1.82, 2.24) is 4.90 Å². The van der Waals surface area contributed by atoms with Crippen LogP contribution in [-0.2, 0) is 14.9 Å². The van der Waals surface area contributed by atoms with Gasteiger partial charge in [-0.2, -0.15) is 0 Å². The van der Waals surface area contributed by atoms with Gasteiger partial charge in [-0.3, -0.25) is 4.79 Å². The van der Waals surface area contributed by atoms with Crippen LogP contribution in [0.15, 0.2) is 24.3 Å². The molecule has 2 rings (SSSR count). The molecule has 1 aliphatic carbocycles. The first-order valence-corrected chi connectivity index (χ1v) is 6.68. The molecule has 0 saturated heterocycles. The zero-order chi connectivity index (χ0) is 14.8. The van der Waals surface area contributed by atoms with Gasteiger partial charge in [-0.25, -0.2) is 4.39 Å². The van der Waals surface area contributed by atoms with E-state index in [0.717, 1.165) is 18.4 Å². The number of nitrogens with zero attached hydrogens (tertiary/aromatic N) is 1. The maximum Gasteiger partial charge on any atom is 0.233 e. The van der Waals surface area contributed by atoms with Crippen molar-refractivity contribution in [2.24, 2.45) is 0 Å². The number of benzene rings is 1. The summed E-state index contributed by atoms with van der Waals surface area (Å²) in [5.74, 6) is -0.333. The van der Waals surface area contributed by atoms with Crippen molar-refractivity contribution in [2.45, 2.75) is 24.4 Å². The molecular formula is C15H20FNO3. The van der Waals surface area contributed by atoms with E-state index in [4.69, 9.17) is 4.74 Å². The highest BCUT2D eigenvalue weighted by Gasteiger charge is 2.52. The van der Waals surface area contributed by atoms with Crippen molar-refractivity contribution < 1.29 is 19.0 Å². The largest absolute Gasteiger partial charge is 0.389 e. The highest BCUT2D eigenvalue weighted by atomic mass is 19.1. The van der Waals surface area contributed by atoms with E-state index < -0.39 is 11.5 Å². The number of methoxy groups -OCH3 is 1. The second-order valence-electron chi connectivity index (χ2n) is 5.38. The third-order valence-corrected chi connectivity index (χ3v) is 3.75. The number of hydrogen-bond donors (Lipinski definition) is 1. The standard InChI is InChI=1S/C15H20FNO3/c1-17(9-13(18)10-20-2)14(19)15(7-8-15)11-3-5-12(16)6-4-11/h3-6,13,18H,7-10H2,1-2H3. The summed E-state index contributed by atoms with van der Waals surface area (Å²) in [6, 6.07) is 6.09. The zero-order valence-corrected chi connectivity index (χ0v) is 11.8. The van der Waals surface area contributed by atoms with Crippen LogP contribution < -0.4 is 0 Å². The van der Waals surface area contributed by atoms with Crippen LogP contribution >= 0.6 is 0 Å². The van der Waals surface area contributed by atoms with Gasteiger partial charge in [0, 0.05) is 20.7 Å². The number of ether oxygens (including phenoxy) is 1. The molecule has 1 aromatic rings. The quantitative estimate of drug-likeness (QED) is 0.855. The highest BCUT2D eigenvalue weighted by molar-refractivity contribution is 5.91. The minimum atomic E-state index is -0.696. The molecule has 0 aliphatic heterocycles. The van der Waals surface area contributed by atoms with Crippen LogP contribution in [0, 0.1) is 5.82 Å². The van der Waals surface area contributed by atoms with E-state index in [1.807, 2.05) is 0 Å². The molecule has 0 spiro atoms. The molecule has 1 aliphatic rings. The van der Waals surface area contributed by atoms with Gasteiger partial charge >= 0.3 is 0 Å². The number of halogens is 1. The zero-order valence-electron chi connectivity index (χ0n) is 11.8. The first-order chi connectivity index (χ1) is 9.49. The Kier molecular flexibility index (Phi) is 4.40. The van der Waals surface area contributed by atoms with Crippen LogP contribution in [-0.4, -0.2) is 49.3 Å². The summed E-state index contributed by atoms with van der Waals surface area (Å²) in [5, 5.41) is 9.69. The Labute approximate surface area is 118 Å². The molecule has 1 fully saturated rings. The molecule has 0 radical (unpaired) electrons. The summed E-state index contributed by atoms with van der Waals surface area (Å²) in [7, 11) is 3.18. The van der Waals surface area contributed by atoms with Gasteiger partial charge in [0.25, 0.3) is 0 Å². The molecule has 1 N–H and O–H groups in total. The Morgan fingerprint density at radius 1 is 1.45 bits per heavy atom. The lowest BCUT2D eigenvalue weighted by atomic mass is 9.94. The summed E-state index contributed by atoms with van der Waals surface area (Å²) in [5.41, 5.74) is 0.312. The number of amides is 1. The Morgan fingerprint density at radius 2 is 2.05 bits per heavy atom. The van der Waals surface area contributed by atoms with Gasteiger partial charge in [0.15, 0.2) is 0 Å². The second-order valence-corrected chi connectivity index (χ2v) is 5.38. The number of likely N-dealkylation sites (N-methyl/N-ethyl adjacent to an activating group) is 1. The fraction of sp³-hybridized carbons (Fsp3) is 0.533. The molecule has 1 saturated carbocycles. The minimum absolute atomic E-state index is 0.0285. The SMILES string of the molecule is COCC(O)CN(C)C(=O)C1(c2ccc(F)cc2)CC1. The third-order valence-electron chi connectivity index (χ3n) is 3.75. The fourth-order valence-corrected chi connectivity index (χ4v) is 2.53. The third kappa shape index (κ3) is 2.99. The van der Waals surface area contributed by atoms with Gasteiger partial charge in [0.2, 0.25) is 5.91 Å². The summed E-state index contributed by atoms with van der Waals surface area (Å²) >= 11 is 0. The average Bonchev–Trinajstić information content (AvgIpc) is 3.20. The van der Waals surface area contributed by atoms with Crippen LogP contribution in [0.3, 0.4) is 0 Å². The average molecular weight is 281 g/mol. The number of carbonyl (C=O) groups is 1. The number of aliphatic hydroxyl groups is 1. The molecular weight excluding hydrogens is 261 g/mol. The molecule has 0 aromatic heterocycles. The molecule has 5 heteroatoms. The molecule has 1 aromatic carbocycles. The minimum Gasteiger partial charge on any atom is -0.389 e. The molecule has 110 valence electrons. The molecule has 4 nitrogen and oxygen atoms in total. The molecule has 1 amide bonds. The second kappa shape index (κ2) is 5.89.